The molecule has 4 heteroatoms. The highest BCUT2D eigenvalue weighted by Gasteiger charge is 2.31. The normalized spacial score (nSPS) is 14.6. The van der Waals surface area contributed by atoms with E-state index >= 15 is 0 Å². The van der Waals surface area contributed by atoms with Crippen LogP contribution in [-0.2, 0) is 14.3 Å². The maximum Gasteiger partial charge on any atom is 0.331 e. The van der Waals surface area contributed by atoms with Crippen LogP contribution < -0.4 is 0 Å². The summed E-state index contributed by atoms with van der Waals surface area (Å²) >= 11 is 0. The van der Waals surface area contributed by atoms with Crippen molar-refractivity contribution in [2.75, 3.05) is 7.11 Å². The molecule has 0 aliphatic heterocycles. The van der Waals surface area contributed by atoms with Crippen LogP contribution >= 0.6 is 0 Å². The lowest BCUT2D eigenvalue weighted by Gasteiger charge is -2.23. The molecule has 0 aliphatic rings. The lowest BCUT2D eigenvalue weighted by Crippen LogP contribution is -2.30. The highest BCUT2D eigenvalue weighted by molar-refractivity contribution is 5.83. The molecule has 0 saturated carbocycles. The Morgan fingerprint density at radius 3 is 2.27 bits per heavy atom. The first-order chi connectivity index (χ1) is 10.2. The fourth-order valence-corrected chi connectivity index (χ4v) is 2.18. The van der Waals surface area contributed by atoms with E-state index in [-0.39, 0.29) is 23.5 Å². The van der Waals surface area contributed by atoms with Crippen LogP contribution in [0, 0.1) is 5.41 Å². The number of Topliss-reactive ketones (excluding diaryl/α,β-unsaturated/α-hetero) is 1. The number of ketones is 1. The Kier molecular flexibility index (Phi) is 6.47. The number of benzene rings is 1. The maximum absolute atomic E-state index is 12.2. The number of ether oxygens (including phenoxy) is 1. The zero-order valence-electron chi connectivity index (χ0n) is 14.0. The summed E-state index contributed by atoms with van der Waals surface area (Å²) in [4.78, 5) is 28.3. The number of nitrogens with zero attached hydrogens (tertiary/aromatic N) is 1. The molecule has 1 aromatic rings. The van der Waals surface area contributed by atoms with Crippen LogP contribution in [0.25, 0.3) is 0 Å². The van der Waals surface area contributed by atoms with Gasteiger partial charge in [0.1, 0.15) is 5.78 Å². The predicted octanol–water partition coefficient (Wildman–Crippen LogP) is 3.41. The van der Waals surface area contributed by atoms with Gasteiger partial charge in [-0.25, -0.2) is 4.79 Å². The minimum Gasteiger partial charge on any atom is -0.467 e. The smallest absolute Gasteiger partial charge is 0.331 e. The van der Waals surface area contributed by atoms with E-state index < -0.39 is 12.0 Å². The molecule has 0 aliphatic carbocycles. The number of aliphatic imine (C=N–C) groups is 1. The zero-order chi connectivity index (χ0) is 16.8. The second-order valence-corrected chi connectivity index (χ2v) is 6.54. The summed E-state index contributed by atoms with van der Waals surface area (Å²) in [6.07, 6.45) is 2.01. The van der Waals surface area contributed by atoms with Crippen LogP contribution in [0.5, 0.6) is 0 Å². The number of carbonyl (C=O) groups excluding carboxylic acids is 2. The van der Waals surface area contributed by atoms with E-state index in [1.807, 2.05) is 51.1 Å². The van der Waals surface area contributed by atoms with E-state index in [0.29, 0.717) is 0 Å². The number of rotatable bonds is 6. The lowest BCUT2D eigenvalue weighted by atomic mass is 9.87. The summed E-state index contributed by atoms with van der Waals surface area (Å²) in [6, 6.07) is 8.80. The van der Waals surface area contributed by atoms with Crippen molar-refractivity contribution in [1.29, 1.82) is 0 Å². The summed E-state index contributed by atoms with van der Waals surface area (Å²) in [6.45, 7) is 7.55. The molecule has 120 valence electrons. The molecular formula is C18H25NO3. The fourth-order valence-electron chi connectivity index (χ4n) is 2.18. The van der Waals surface area contributed by atoms with Crippen LogP contribution in [0.4, 0.5) is 0 Å². The van der Waals surface area contributed by atoms with Crippen LogP contribution in [0.3, 0.4) is 0 Å². The number of carbonyl (C=O) groups is 2. The molecule has 0 amide bonds. The summed E-state index contributed by atoms with van der Waals surface area (Å²) in [5, 5.41) is 0. The van der Waals surface area contributed by atoms with E-state index in [0.717, 1.165) is 5.56 Å². The molecule has 0 saturated heterocycles. The molecule has 4 nitrogen and oxygen atoms in total. The molecule has 0 N–H and O–H groups in total. The minimum absolute atomic E-state index is 0.0220. The highest BCUT2D eigenvalue weighted by Crippen LogP contribution is 2.27. The Balaban J connectivity index is 3.21. The number of esters is 1. The molecule has 0 fully saturated rings. The van der Waals surface area contributed by atoms with E-state index in [4.69, 9.17) is 4.74 Å². The monoisotopic (exact) mass is 303 g/mol. The largest absolute Gasteiger partial charge is 0.467 e. The van der Waals surface area contributed by atoms with Crippen molar-refractivity contribution in [3.63, 3.8) is 0 Å². The van der Waals surface area contributed by atoms with Crippen LogP contribution in [-0.4, -0.2) is 31.1 Å². The van der Waals surface area contributed by atoms with Crippen molar-refractivity contribution in [3.8, 4) is 0 Å². The van der Waals surface area contributed by atoms with Gasteiger partial charge in [0.25, 0.3) is 0 Å². The summed E-state index contributed by atoms with van der Waals surface area (Å²) in [7, 11) is 1.35. The van der Waals surface area contributed by atoms with Crippen LogP contribution in [0.2, 0.25) is 0 Å². The Bertz CT molecular complexity index is 529. The standard InChI is InChI=1S/C18H25NO3/c1-13(20)11-15(14-9-7-6-8-10-14)16(17(21)22-5)19-12-18(2,3)4/h6-10,12,15-16H,11H2,1-5H3. The van der Waals surface area contributed by atoms with Gasteiger partial charge in [-0.2, -0.15) is 0 Å². The van der Waals surface area contributed by atoms with E-state index in [9.17, 15) is 9.59 Å². The molecule has 0 heterocycles. The zero-order valence-corrected chi connectivity index (χ0v) is 14.0. The van der Waals surface area contributed by atoms with Gasteiger partial charge in [0.05, 0.1) is 7.11 Å². The third-order valence-electron chi connectivity index (χ3n) is 3.18. The molecule has 0 spiro atoms. The van der Waals surface area contributed by atoms with Crippen LogP contribution in [0.15, 0.2) is 35.3 Å². The van der Waals surface area contributed by atoms with Crippen LogP contribution in [0.1, 0.15) is 45.6 Å². The highest BCUT2D eigenvalue weighted by atomic mass is 16.5. The quantitative estimate of drug-likeness (QED) is 0.598. The topological polar surface area (TPSA) is 55.7 Å². The Labute approximate surface area is 132 Å². The number of hydrogen-bond donors (Lipinski definition) is 0. The van der Waals surface area contributed by atoms with Gasteiger partial charge in [0.2, 0.25) is 0 Å². The first-order valence-electron chi connectivity index (χ1n) is 7.41. The van der Waals surface area contributed by atoms with Gasteiger partial charge in [0.15, 0.2) is 6.04 Å². The second-order valence-electron chi connectivity index (χ2n) is 6.54. The molecular weight excluding hydrogens is 278 g/mol. The minimum atomic E-state index is -0.712. The van der Waals surface area contributed by atoms with Crippen molar-refractivity contribution < 1.29 is 14.3 Å². The molecule has 1 rings (SSSR count). The van der Waals surface area contributed by atoms with Gasteiger partial charge in [0, 0.05) is 18.6 Å². The summed E-state index contributed by atoms with van der Waals surface area (Å²) in [5.41, 5.74) is 0.767. The van der Waals surface area contributed by atoms with Gasteiger partial charge in [-0.15, -0.1) is 0 Å². The van der Waals surface area contributed by atoms with Crippen molar-refractivity contribution >= 4 is 18.0 Å². The molecule has 0 radical (unpaired) electrons. The van der Waals surface area contributed by atoms with Gasteiger partial charge >= 0.3 is 5.97 Å². The fraction of sp³-hybridized carbons (Fsp3) is 0.500. The third kappa shape index (κ3) is 5.80. The van der Waals surface area contributed by atoms with Gasteiger partial charge in [-0.05, 0) is 17.9 Å². The number of methoxy groups -OCH3 is 1. The van der Waals surface area contributed by atoms with Crippen molar-refractivity contribution in [2.45, 2.75) is 46.1 Å². The molecule has 0 bridgehead atoms. The van der Waals surface area contributed by atoms with Gasteiger partial charge in [-0.1, -0.05) is 51.1 Å². The average molecular weight is 303 g/mol. The Morgan fingerprint density at radius 2 is 1.82 bits per heavy atom. The van der Waals surface area contributed by atoms with E-state index in [2.05, 4.69) is 4.99 Å². The Morgan fingerprint density at radius 1 is 1.23 bits per heavy atom. The maximum atomic E-state index is 12.2. The third-order valence-corrected chi connectivity index (χ3v) is 3.18. The molecule has 2 atom stereocenters. The molecule has 0 aromatic heterocycles. The van der Waals surface area contributed by atoms with Crippen molar-refractivity contribution in [1.82, 2.24) is 0 Å². The Hall–Kier alpha value is -1.97. The summed E-state index contributed by atoms with van der Waals surface area (Å²) < 4.78 is 4.90. The van der Waals surface area contributed by atoms with Crippen molar-refractivity contribution in [2.24, 2.45) is 10.4 Å². The molecule has 1 aromatic carbocycles. The first kappa shape index (κ1) is 18.1. The second kappa shape index (κ2) is 7.87. The van der Waals surface area contributed by atoms with E-state index in [1.165, 1.54) is 14.0 Å². The SMILES string of the molecule is COC(=O)C(N=CC(C)(C)C)C(CC(C)=O)c1ccccc1. The number of hydrogen-bond acceptors (Lipinski definition) is 4. The predicted molar refractivity (Wildman–Crippen MR) is 88.2 cm³/mol. The molecule has 2 unspecified atom stereocenters. The van der Waals surface area contributed by atoms with Gasteiger partial charge < -0.3 is 9.53 Å². The van der Waals surface area contributed by atoms with E-state index in [1.54, 1.807) is 6.21 Å². The average Bonchev–Trinajstić information content (AvgIpc) is 2.45. The summed E-state index contributed by atoms with van der Waals surface area (Å²) in [5.74, 6) is -0.714. The van der Waals surface area contributed by atoms with Crippen molar-refractivity contribution in [3.05, 3.63) is 35.9 Å². The lowest BCUT2D eigenvalue weighted by molar-refractivity contribution is -0.142. The van der Waals surface area contributed by atoms with Gasteiger partial charge in [-0.3, -0.25) is 4.99 Å². The first-order valence-corrected chi connectivity index (χ1v) is 7.41. The molecule has 22 heavy (non-hydrogen) atoms.